The molecular formula is C9H20O4. The number of aliphatic hydroxyl groups is 2. The molecule has 0 amide bonds. The van der Waals surface area contributed by atoms with Crippen LogP contribution in [0.1, 0.15) is 40.0 Å². The van der Waals surface area contributed by atoms with E-state index in [1.165, 1.54) is 0 Å². The van der Waals surface area contributed by atoms with Gasteiger partial charge in [0.15, 0.2) is 0 Å². The van der Waals surface area contributed by atoms with Gasteiger partial charge in [0.25, 0.3) is 5.97 Å². The third kappa shape index (κ3) is 18.4. The summed E-state index contributed by atoms with van der Waals surface area (Å²) in [6, 6.07) is 0. The molecule has 0 spiro atoms. The Morgan fingerprint density at radius 2 is 1.77 bits per heavy atom. The van der Waals surface area contributed by atoms with Crippen LogP contribution in [0.15, 0.2) is 0 Å². The lowest BCUT2D eigenvalue weighted by Crippen LogP contribution is -2.21. The predicted octanol–water partition coefficient (Wildman–Crippen LogP) is 1.01. The van der Waals surface area contributed by atoms with Crippen molar-refractivity contribution in [3.8, 4) is 0 Å². The van der Waals surface area contributed by atoms with Crippen LogP contribution < -0.4 is 0 Å². The fourth-order valence-corrected chi connectivity index (χ4v) is 0.654. The van der Waals surface area contributed by atoms with E-state index in [0.29, 0.717) is 6.42 Å². The average Bonchev–Trinajstić information content (AvgIpc) is 1.98. The molecule has 2 unspecified atom stereocenters. The number of carboxylic acid groups (broad SMARTS) is 1. The van der Waals surface area contributed by atoms with Crippen molar-refractivity contribution >= 4 is 5.97 Å². The van der Waals surface area contributed by atoms with E-state index in [4.69, 9.17) is 20.1 Å². The molecule has 0 heterocycles. The first-order valence-corrected chi connectivity index (χ1v) is 4.47. The van der Waals surface area contributed by atoms with Crippen molar-refractivity contribution < 1.29 is 20.1 Å². The van der Waals surface area contributed by atoms with Crippen LogP contribution in [0, 0.1) is 0 Å². The zero-order valence-corrected chi connectivity index (χ0v) is 8.53. The second kappa shape index (κ2) is 9.48. The normalized spacial score (nSPS) is 13.9. The van der Waals surface area contributed by atoms with Gasteiger partial charge in [-0.15, -0.1) is 0 Å². The maximum atomic E-state index is 9.01. The largest absolute Gasteiger partial charge is 0.481 e. The number of rotatable bonds is 4. The van der Waals surface area contributed by atoms with Gasteiger partial charge in [-0.2, -0.15) is 0 Å². The highest BCUT2D eigenvalue weighted by atomic mass is 16.4. The van der Waals surface area contributed by atoms with Crippen LogP contribution >= 0.6 is 0 Å². The molecule has 0 aromatic carbocycles. The number of hydrogen-bond donors (Lipinski definition) is 3. The summed E-state index contributed by atoms with van der Waals surface area (Å²) in [4.78, 5) is 9.00. The van der Waals surface area contributed by atoms with Gasteiger partial charge in [0.2, 0.25) is 0 Å². The molecule has 2 atom stereocenters. The van der Waals surface area contributed by atoms with E-state index in [9.17, 15) is 0 Å². The topological polar surface area (TPSA) is 77.8 Å². The Morgan fingerprint density at radius 1 is 1.38 bits per heavy atom. The number of carboxylic acids is 1. The Hall–Kier alpha value is -0.610. The first-order chi connectivity index (χ1) is 5.91. The Labute approximate surface area is 79.2 Å². The van der Waals surface area contributed by atoms with Crippen LogP contribution in [0.2, 0.25) is 0 Å². The molecule has 0 aromatic rings. The maximum Gasteiger partial charge on any atom is 0.300 e. The van der Waals surface area contributed by atoms with Crippen LogP contribution in [-0.2, 0) is 4.79 Å². The van der Waals surface area contributed by atoms with Crippen molar-refractivity contribution in [2.75, 3.05) is 0 Å². The summed E-state index contributed by atoms with van der Waals surface area (Å²) < 4.78 is 0. The van der Waals surface area contributed by atoms with Gasteiger partial charge in [-0.25, -0.2) is 0 Å². The van der Waals surface area contributed by atoms with Gasteiger partial charge in [0, 0.05) is 6.92 Å². The van der Waals surface area contributed by atoms with E-state index in [-0.39, 0.29) is 0 Å². The lowest BCUT2D eigenvalue weighted by Gasteiger charge is -2.11. The third-order valence-corrected chi connectivity index (χ3v) is 1.41. The highest BCUT2D eigenvalue weighted by Crippen LogP contribution is 2.03. The summed E-state index contributed by atoms with van der Waals surface area (Å²) in [5.74, 6) is -0.833. The van der Waals surface area contributed by atoms with Gasteiger partial charge in [-0.3, -0.25) is 4.79 Å². The van der Waals surface area contributed by atoms with Gasteiger partial charge in [-0.05, 0) is 13.3 Å². The molecule has 0 aromatic heterocycles. The molecule has 13 heavy (non-hydrogen) atoms. The third-order valence-electron chi connectivity index (χ3n) is 1.41. The number of carbonyl (C=O) groups is 1. The molecule has 0 aliphatic heterocycles. The second-order valence-corrected chi connectivity index (χ2v) is 2.97. The number of hydrogen-bond acceptors (Lipinski definition) is 3. The average molecular weight is 192 g/mol. The SMILES string of the molecule is CC(=O)O.CCCCC(O)C(C)O. The molecule has 0 aliphatic rings. The van der Waals surface area contributed by atoms with Crippen molar-refractivity contribution in [3.05, 3.63) is 0 Å². The Bertz CT molecular complexity index is 119. The van der Waals surface area contributed by atoms with Crippen molar-refractivity contribution in [1.82, 2.24) is 0 Å². The highest BCUT2D eigenvalue weighted by Gasteiger charge is 2.08. The second-order valence-electron chi connectivity index (χ2n) is 2.97. The molecule has 0 saturated carbocycles. The minimum Gasteiger partial charge on any atom is -0.481 e. The molecule has 0 saturated heterocycles. The Kier molecular flexibility index (Phi) is 10.9. The number of aliphatic hydroxyl groups excluding tert-OH is 2. The van der Waals surface area contributed by atoms with E-state index in [2.05, 4.69) is 6.92 Å². The van der Waals surface area contributed by atoms with Gasteiger partial charge >= 0.3 is 0 Å². The van der Waals surface area contributed by atoms with Crippen molar-refractivity contribution in [2.45, 2.75) is 52.2 Å². The van der Waals surface area contributed by atoms with Gasteiger partial charge in [0.1, 0.15) is 0 Å². The highest BCUT2D eigenvalue weighted by molar-refractivity contribution is 5.62. The predicted molar refractivity (Wildman–Crippen MR) is 50.5 cm³/mol. The molecular weight excluding hydrogens is 172 g/mol. The van der Waals surface area contributed by atoms with E-state index < -0.39 is 18.2 Å². The summed E-state index contributed by atoms with van der Waals surface area (Å²) >= 11 is 0. The summed E-state index contributed by atoms with van der Waals surface area (Å²) in [5, 5.41) is 25.2. The zero-order valence-electron chi connectivity index (χ0n) is 8.53. The smallest absolute Gasteiger partial charge is 0.300 e. The van der Waals surface area contributed by atoms with Crippen LogP contribution in [0.4, 0.5) is 0 Å². The molecule has 0 bridgehead atoms. The summed E-state index contributed by atoms with van der Waals surface area (Å²) in [6.45, 7) is 4.76. The Morgan fingerprint density at radius 3 is 2.00 bits per heavy atom. The molecule has 0 fully saturated rings. The van der Waals surface area contributed by atoms with Crippen LogP contribution in [0.25, 0.3) is 0 Å². The minimum absolute atomic E-state index is 0.523. The molecule has 0 aliphatic carbocycles. The molecule has 0 rings (SSSR count). The van der Waals surface area contributed by atoms with Crippen molar-refractivity contribution in [3.63, 3.8) is 0 Å². The van der Waals surface area contributed by atoms with Crippen molar-refractivity contribution in [1.29, 1.82) is 0 Å². The maximum absolute atomic E-state index is 9.01. The summed E-state index contributed by atoms with van der Waals surface area (Å²) in [6.07, 6.45) is 1.69. The monoisotopic (exact) mass is 192 g/mol. The molecule has 3 N–H and O–H groups in total. The zero-order chi connectivity index (χ0) is 10.9. The minimum atomic E-state index is -0.833. The van der Waals surface area contributed by atoms with E-state index in [0.717, 1.165) is 19.8 Å². The first kappa shape index (κ1) is 14.9. The lowest BCUT2D eigenvalue weighted by atomic mass is 10.1. The van der Waals surface area contributed by atoms with Crippen LogP contribution in [0.5, 0.6) is 0 Å². The van der Waals surface area contributed by atoms with E-state index in [1.807, 2.05) is 0 Å². The molecule has 80 valence electrons. The summed E-state index contributed by atoms with van der Waals surface area (Å²) in [7, 11) is 0. The number of unbranched alkanes of at least 4 members (excludes halogenated alkanes) is 1. The van der Waals surface area contributed by atoms with E-state index >= 15 is 0 Å². The number of aliphatic carboxylic acids is 1. The molecule has 0 radical (unpaired) electrons. The lowest BCUT2D eigenvalue weighted by molar-refractivity contribution is -0.134. The molecule has 4 heteroatoms. The fraction of sp³-hybridized carbons (Fsp3) is 0.889. The van der Waals surface area contributed by atoms with Crippen LogP contribution in [-0.4, -0.2) is 33.5 Å². The summed E-state index contributed by atoms with van der Waals surface area (Å²) in [5.41, 5.74) is 0. The molecule has 4 nitrogen and oxygen atoms in total. The van der Waals surface area contributed by atoms with Gasteiger partial charge in [-0.1, -0.05) is 19.8 Å². The van der Waals surface area contributed by atoms with Crippen molar-refractivity contribution in [2.24, 2.45) is 0 Å². The van der Waals surface area contributed by atoms with Crippen LogP contribution in [0.3, 0.4) is 0 Å². The van der Waals surface area contributed by atoms with Gasteiger partial charge < -0.3 is 15.3 Å². The van der Waals surface area contributed by atoms with E-state index in [1.54, 1.807) is 6.92 Å². The quantitative estimate of drug-likeness (QED) is 0.621. The first-order valence-electron chi connectivity index (χ1n) is 4.47. The fourth-order valence-electron chi connectivity index (χ4n) is 0.654. The standard InChI is InChI=1S/C7H16O2.C2H4O2/c1-3-4-5-7(9)6(2)8;1-2(3)4/h6-9H,3-5H2,1-2H3;1H3,(H,3,4). The Balaban J connectivity index is 0. The van der Waals surface area contributed by atoms with Gasteiger partial charge in [0.05, 0.1) is 12.2 Å².